The zero-order valence-electron chi connectivity index (χ0n) is 21.8. The van der Waals surface area contributed by atoms with Gasteiger partial charge in [0, 0.05) is 50.7 Å². The van der Waals surface area contributed by atoms with Crippen molar-refractivity contribution in [2.75, 3.05) is 47.3 Å². The number of rotatable bonds is 9. The first kappa shape index (κ1) is 30.5. The van der Waals surface area contributed by atoms with Crippen LogP contribution >= 0.6 is 11.6 Å². The fourth-order valence-electron chi connectivity index (χ4n) is 4.69. The number of aromatic nitrogens is 2. The molecular formula is C26H26ClF4N6O3S-. The predicted octanol–water partition coefficient (Wildman–Crippen LogP) is 4.05. The van der Waals surface area contributed by atoms with E-state index >= 15 is 0 Å². The van der Waals surface area contributed by atoms with E-state index in [2.05, 4.69) is 9.97 Å². The zero-order chi connectivity index (χ0) is 29.9. The normalized spacial score (nSPS) is 15.5. The number of alkyl halides is 3. The van der Waals surface area contributed by atoms with E-state index in [1.807, 2.05) is 4.90 Å². The first-order valence-electron chi connectivity index (χ1n) is 12.5. The maximum Gasteiger partial charge on any atom is 0.433 e. The van der Waals surface area contributed by atoms with Gasteiger partial charge in [-0.25, -0.2) is 14.4 Å². The van der Waals surface area contributed by atoms with Crippen LogP contribution in [0.25, 0.3) is 0 Å². The third kappa shape index (κ3) is 7.05. The molecule has 1 aliphatic heterocycles. The Kier molecular flexibility index (Phi) is 9.34. The van der Waals surface area contributed by atoms with Gasteiger partial charge in [-0.1, -0.05) is 23.7 Å². The van der Waals surface area contributed by atoms with Crippen molar-refractivity contribution in [3.63, 3.8) is 0 Å². The lowest BCUT2D eigenvalue weighted by atomic mass is 9.91. The maximum absolute atomic E-state index is 14.7. The summed E-state index contributed by atoms with van der Waals surface area (Å²) in [6.45, 7) is 1.56. The van der Waals surface area contributed by atoms with Gasteiger partial charge in [0.05, 0.1) is 16.6 Å². The Morgan fingerprint density at radius 2 is 1.80 bits per heavy atom. The van der Waals surface area contributed by atoms with Gasteiger partial charge in [0.2, 0.25) is 5.91 Å². The average molecular weight is 614 g/mol. The standard InChI is InChI=1S/C26H27ClF4N6O3S/c1-35(41(39)40)21-8-5-17(15-20(21)28)18(23(32)38)7-4-16-6-9-22(26(29,30)31)34-24(16)36-11-13-37(14-12-36)25-19(27)3-2-10-33-25/h2-3,5-6,8-10,15,18H,4,7,11-14H2,1H3,(H2,32,38)(H,39,40)/p-1. The zero-order valence-corrected chi connectivity index (χ0v) is 23.3. The van der Waals surface area contributed by atoms with Gasteiger partial charge in [-0.2, -0.15) is 13.2 Å². The summed E-state index contributed by atoms with van der Waals surface area (Å²) in [5.41, 5.74) is 5.02. The number of piperazine rings is 1. The van der Waals surface area contributed by atoms with Crippen LogP contribution < -0.4 is 19.8 Å². The second-order valence-electron chi connectivity index (χ2n) is 9.38. The lowest BCUT2D eigenvalue weighted by molar-refractivity contribution is -0.141. The number of carbonyl (C=O) groups excluding carboxylic acids is 1. The minimum absolute atomic E-state index is 0.0565. The van der Waals surface area contributed by atoms with Gasteiger partial charge >= 0.3 is 6.18 Å². The number of amides is 1. The molecule has 2 aromatic heterocycles. The molecule has 0 radical (unpaired) electrons. The van der Waals surface area contributed by atoms with Crippen molar-refractivity contribution in [2.24, 2.45) is 5.73 Å². The number of hydrogen-bond donors (Lipinski definition) is 1. The monoisotopic (exact) mass is 613 g/mol. The molecule has 2 atom stereocenters. The summed E-state index contributed by atoms with van der Waals surface area (Å²) in [5.74, 6) is -1.90. The SMILES string of the molecule is CN(c1ccc(C(CCc2ccc(C(F)(F)F)nc2N2CCN(c3ncccc3Cl)CC2)C(N)=O)cc1F)S(=O)[O-]. The molecule has 3 aromatic rings. The summed E-state index contributed by atoms with van der Waals surface area (Å²) in [6.07, 6.45) is -2.88. The number of carbonyl (C=O) groups is 1. The van der Waals surface area contributed by atoms with E-state index in [0.29, 0.717) is 46.9 Å². The van der Waals surface area contributed by atoms with Crippen LogP contribution in [0.5, 0.6) is 0 Å². The molecule has 15 heteroatoms. The number of benzene rings is 1. The van der Waals surface area contributed by atoms with Crippen molar-refractivity contribution in [3.05, 3.63) is 76.3 Å². The topological polar surface area (TPSA) is 119 Å². The van der Waals surface area contributed by atoms with Crippen molar-refractivity contribution in [3.8, 4) is 0 Å². The molecular weight excluding hydrogens is 588 g/mol. The fraction of sp³-hybridized carbons (Fsp3) is 0.346. The van der Waals surface area contributed by atoms with Crippen LogP contribution in [0.2, 0.25) is 5.02 Å². The van der Waals surface area contributed by atoms with Gasteiger partial charge < -0.3 is 24.4 Å². The molecule has 4 rings (SSSR count). The summed E-state index contributed by atoms with van der Waals surface area (Å²) < 4.78 is 78.4. The van der Waals surface area contributed by atoms with Crippen LogP contribution in [0, 0.1) is 5.82 Å². The van der Waals surface area contributed by atoms with Crippen molar-refractivity contribution < 1.29 is 31.1 Å². The van der Waals surface area contributed by atoms with Crippen LogP contribution in [0.4, 0.5) is 34.9 Å². The van der Waals surface area contributed by atoms with Gasteiger partial charge in [-0.3, -0.25) is 9.00 Å². The van der Waals surface area contributed by atoms with Crippen molar-refractivity contribution in [1.82, 2.24) is 9.97 Å². The first-order chi connectivity index (χ1) is 19.4. The molecule has 3 heterocycles. The first-order valence-corrected chi connectivity index (χ1v) is 13.9. The van der Waals surface area contributed by atoms with Crippen molar-refractivity contribution in [1.29, 1.82) is 0 Å². The van der Waals surface area contributed by atoms with E-state index in [4.69, 9.17) is 17.3 Å². The van der Waals surface area contributed by atoms with Gasteiger partial charge in [0.1, 0.15) is 23.1 Å². The number of primary amides is 1. The predicted molar refractivity (Wildman–Crippen MR) is 147 cm³/mol. The van der Waals surface area contributed by atoms with E-state index in [0.717, 1.165) is 19.2 Å². The molecule has 41 heavy (non-hydrogen) atoms. The second kappa shape index (κ2) is 12.6. The van der Waals surface area contributed by atoms with Crippen molar-refractivity contribution in [2.45, 2.75) is 24.9 Å². The minimum Gasteiger partial charge on any atom is -0.755 e. The number of nitrogens with zero attached hydrogens (tertiary/aromatic N) is 5. The minimum atomic E-state index is -4.66. The van der Waals surface area contributed by atoms with Crippen LogP contribution in [0.15, 0.2) is 48.7 Å². The van der Waals surface area contributed by atoms with E-state index in [9.17, 15) is 31.1 Å². The van der Waals surface area contributed by atoms with Crippen LogP contribution in [0.1, 0.15) is 29.2 Å². The quantitative estimate of drug-likeness (QED) is 0.286. The Bertz CT molecular complexity index is 1440. The lowest BCUT2D eigenvalue weighted by Crippen LogP contribution is -2.47. The molecule has 2 N–H and O–H groups in total. The van der Waals surface area contributed by atoms with Crippen LogP contribution in [-0.2, 0) is 28.7 Å². The molecule has 9 nitrogen and oxygen atoms in total. The largest absolute Gasteiger partial charge is 0.755 e. The third-order valence-corrected chi connectivity index (χ3v) is 7.79. The van der Waals surface area contributed by atoms with Crippen LogP contribution in [0.3, 0.4) is 0 Å². The highest BCUT2D eigenvalue weighted by Crippen LogP contribution is 2.34. The Balaban J connectivity index is 1.57. The smallest absolute Gasteiger partial charge is 0.433 e. The Labute approximate surface area is 241 Å². The highest BCUT2D eigenvalue weighted by Gasteiger charge is 2.34. The number of pyridine rings is 2. The maximum atomic E-state index is 14.7. The summed E-state index contributed by atoms with van der Waals surface area (Å²) in [7, 11) is 1.16. The molecule has 1 fully saturated rings. The molecule has 1 saturated heterocycles. The summed E-state index contributed by atoms with van der Waals surface area (Å²) >= 11 is 3.55. The number of aryl methyl sites for hydroxylation is 1. The fourth-order valence-corrected chi connectivity index (χ4v) is 5.24. The second-order valence-corrected chi connectivity index (χ2v) is 10.8. The Hall–Kier alpha value is -3.49. The summed E-state index contributed by atoms with van der Waals surface area (Å²) in [6, 6.07) is 9.27. The summed E-state index contributed by atoms with van der Waals surface area (Å²) in [4.78, 5) is 24.2. The highest BCUT2D eigenvalue weighted by atomic mass is 35.5. The molecule has 1 amide bonds. The molecule has 220 valence electrons. The lowest BCUT2D eigenvalue weighted by Gasteiger charge is -2.37. The highest BCUT2D eigenvalue weighted by molar-refractivity contribution is 7.80. The molecule has 0 bridgehead atoms. The van der Waals surface area contributed by atoms with Crippen molar-refractivity contribution >= 4 is 46.1 Å². The molecule has 0 spiro atoms. The number of hydrogen-bond acceptors (Lipinski definition) is 7. The molecule has 0 saturated carbocycles. The van der Waals surface area contributed by atoms with Gasteiger partial charge in [-0.15, -0.1) is 0 Å². The number of halogens is 5. The molecule has 1 aromatic carbocycles. The molecule has 2 unspecified atom stereocenters. The van der Waals surface area contributed by atoms with Gasteiger partial charge in [0.25, 0.3) is 0 Å². The van der Waals surface area contributed by atoms with E-state index in [1.54, 1.807) is 23.2 Å². The van der Waals surface area contributed by atoms with Gasteiger partial charge in [-0.05, 0) is 54.3 Å². The third-order valence-electron chi connectivity index (χ3n) is 6.85. The number of anilines is 3. The van der Waals surface area contributed by atoms with Gasteiger partial charge in [0.15, 0.2) is 0 Å². The summed E-state index contributed by atoms with van der Waals surface area (Å²) in [5, 5.41) is 0.466. The molecule has 1 aliphatic rings. The molecule has 0 aliphatic carbocycles. The number of nitrogens with two attached hydrogens (primary N) is 1. The Morgan fingerprint density at radius 3 is 2.37 bits per heavy atom. The van der Waals surface area contributed by atoms with E-state index in [1.165, 1.54) is 18.2 Å². The van der Waals surface area contributed by atoms with Crippen LogP contribution in [-0.4, -0.2) is 57.9 Å². The Morgan fingerprint density at radius 1 is 1.15 bits per heavy atom. The van der Waals surface area contributed by atoms with E-state index in [-0.39, 0.29) is 29.9 Å². The average Bonchev–Trinajstić information content (AvgIpc) is 2.92. The van der Waals surface area contributed by atoms with E-state index < -0.39 is 40.8 Å².